The van der Waals surface area contributed by atoms with Gasteiger partial charge in [0.15, 0.2) is 0 Å². The minimum atomic E-state index is -0.111. The van der Waals surface area contributed by atoms with Gasteiger partial charge in [-0.15, -0.1) is 0 Å². The maximum Gasteiger partial charge on any atom is 0.105 e. The van der Waals surface area contributed by atoms with Gasteiger partial charge in [-0.25, -0.2) is 0 Å². The van der Waals surface area contributed by atoms with Crippen molar-refractivity contribution in [2.45, 2.75) is 19.4 Å². The molecule has 5 nitrogen and oxygen atoms in total. The van der Waals surface area contributed by atoms with Crippen LogP contribution in [0.2, 0.25) is 0 Å². The molecule has 0 aliphatic heterocycles. The van der Waals surface area contributed by atoms with Gasteiger partial charge in [-0.05, 0) is 32.0 Å². The van der Waals surface area contributed by atoms with E-state index in [1.807, 2.05) is 0 Å². The number of nitrogens with one attached hydrogen (secondary N) is 1. The van der Waals surface area contributed by atoms with Crippen molar-refractivity contribution in [3.63, 3.8) is 0 Å². The lowest BCUT2D eigenvalue weighted by Gasteiger charge is -2.13. The molecular formula is C7H14N4O. The van der Waals surface area contributed by atoms with Crippen LogP contribution in [0.1, 0.15) is 13.3 Å². The van der Waals surface area contributed by atoms with Crippen LogP contribution in [0.15, 0.2) is 16.9 Å². The van der Waals surface area contributed by atoms with E-state index in [9.17, 15) is 5.11 Å². The molecule has 0 aliphatic rings. The minimum absolute atomic E-state index is 0.111. The van der Waals surface area contributed by atoms with Crippen molar-refractivity contribution in [3.8, 4) is 0 Å². The van der Waals surface area contributed by atoms with E-state index in [1.54, 1.807) is 20.0 Å². The Morgan fingerprint density at radius 2 is 2.50 bits per heavy atom. The number of likely N-dealkylation sites (N-methyl/N-ethyl adjacent to an activating group) is 1. The van der Waals surface area contributed by atoms with Gasteiger partial charge in [0, 0.05) is 11.5 Å². The van der Waals surface area contributed by atoms with Gasteiger partial charge in [-0.3, -0.25) is 0 Å². The lowest BCUT2D eigenvalue weighted by atomic mass is 10.1. The van der Waals surface area contributed by atoms with Gasteiger partial charge in [-0.1, -0.05) is 5.11 Å². The van der Waals surface area contributed by atoms with E-state index < -0.39 is 0 Å². The first-order chi connectivity index (χ1) is 5.76. The minimum Gasteiger partial charge on any atom is -0.511 e. The molecule has 0 saturated carbocycles. The molecule has 68 valence electrons. The normalized spacial score (nSPS) is 13.7. The summed E-state index contributed by atoms with van der Waals surface area (Å²) < 4.78 is 0. The van der Waals surface area contributed by atoms with Crippen molar-refractivity contribution in [1.29, 1.82) is 0 Å². The Bertz CT molecular complexity index is 196. The lowest BCUT2D eigenvalue weighted by Crippen LogP contribution is -2.28. The molecule has 0 unspecified atom stereocenters. The van der Waals surface area contributed by atoms with E-state index in [0.717, 1.165) is 0 Å². The Kier molecular flexibility index (Phi) is 5.87. The van der Waals surface area contributed by atoms with Gasteiger partial charge in [0.05, 0.1) is 6.04 Å². The van der Waals surface area contributed by atoms with E-state index in [0.29, 0.717) is 13.0 Å². The maximum absolute atomic E-state index is 9.28. The van der Waals surface area contributed by atoms with Crippen LogP contribution in [-0.4, -0.2) is 24.7 Å². The molecule has 0 aromatic heterocycles. The molecule has 0 heterocycles. The van der Waals surface area contributed by atoms with Crippen molar-refractivity contribution in [1.82, 2.24) is 5.32 Å². The highest BCUT2D eigenvalue weighted by Crippen LogP contribution is 2.02. The van der Waals surface area contributed by atoms with Crippen molar-refractivity contribution < 1.29 is 5.11 Å². The zero-order valence-corrected chi connectivity index (χ0v) is 7.36. The number of aliphatic hydroxyl groups is 1. The Morgan fingerprint density at radius 3 is 2.92 bits per heavy atom. The summed E-state index contributed by atoms with van der Waals surface area (Å²) in [6, 6.07) is -0.111. The number of hydrogen-bond donors (Lipinski definition) is 2. The van der Waals surface area contributed by atoms with Crippen molar-refractivity contribution in [2.75, 3.05) is 13.6 Å². The Morgan fingerprint density at radius 1 is 1.83 bits per heavy atom. The number of rotatable bonds is 5. The highest BCUT2D eigenvalue weighted by molar-refractivity contribution is 4.99. The largest absolute Gasteiger partial charge is 0.511 e. The fraction of sp³-hybridized carbons (Fsp3) is 0.714. The number of aliphatic hydroxyl groups excluding tert-OH is 1. The van der Waals surface area contributed by atoms with E-state index in [-0.39, 0.29) is 11.8 Å². The first-order valence-corrected chi connectivity index (χ1v) is 3.79. The molecule has 2 N–H and O–H groups in total. The van der Waals surface area contributed by atoms with E-state index in [1.165, 1.54) is 0 Å². The average molecular weight is 170 g/mol. The van der Waals surface area contributed by atoms with Crippen LogP contribution in [0.5, 0.6) is 0 Å². The van der Waals surface area contributed by atoms with Gasteiger partial charge in [-0.2, -0.15) is 0 Å². The van der Waals surface area contributed by atoms with Crippen molar-refractivity contribution in [2.24, 2.45) is 5.11 Å². The van der Waals surface area contributed by atoms with E-state index in [4.69, 9.17) is 5.53 Å². The quantitative estimate of drug-likeness (QED) is 0.285. The van der Waals surface area contributed by atoms with Gasteiger partial charge >= 0.3 is 0 Å². The average Bonchev–Trinajstić information content (AvgIpc) is 2.11. The second-order valence-corrected chi connectivity index (χ2v) is 2.30. The van der Waals surface area contributed by atoms with E-state index >= 15 is 0 Å². The topological polar surface area (TPSA) is 81.0 Å². The molecule has 0 amide bonds. The summed E-state index contributed by atoms with van der Waals surface area (Å²) in [5.74, 6) is 0.283. The van der Waals surface area contributed by atoms with Crippen LogP contribution in [-0.2, 0) is 0 Å². The molecule has 0 aromatic carbocycles. The van der Waals surface area contributed by atoms with Crippen LogP contribution in [0.3, 0.4) is 0 Å². The third-order valence-corrected chi connectivity index (χ3v) is 1.58. The summed E-state index contributed by atoms with van der Waals surface area (Å²) in [5.41, 5.74) is 8.01. The molecule has 0 saturated heterocycles. The van der Waals surface area contributed by atoms with Crippen molar-refractivity contribution in [3.05, 3.63) is 22.3 Å². The first-order valence-electron chi connectivity index (χ1n) is 3.79. The molecule has 0 bridgehead atoms. The zero-order chi connectivity index (χ0) is 9.40. The Balaban J connectivity index is 3.91. The van der Waals surface area contributed by atoms with Crippen LogP contribution in [0.25, 0.3) is 10.4 Å². The lowest BCUT2D eigenvalue weighted by molar-refractivity contribution is 0.339. The summed E-state index contributed by atoms with van der Waals surface area (Å²) >= 11 is 0. The van der Waals surface area contributed by atoms with E-state index in [2.05, 4.69) is 15.3 Å². The van der Waals surface area contributed by atoms with Gasteiger partial charge in [0.2, 0.25) is 0 Å². The Hall–Kier alpha value is -1.19. The highest BCUT2D eigenvalue weighted by atomic mass is 16.3. The molecule has 0 aliphatic carbocycles. The summed E-state index contributed by atoms with van der Waals surface area (Å²) in [7, 11) is 1.75. The van der Waals surface area contributed by atoms with Crippen LogP contribution in [0.4, 0.5) is 0 Å². The molecule has 0 rings (SSSR count). The SMILES string of the molecule is CC=C(O)[C@H](CCN=[N+]=[N-])NC. The number of nitrogens with zero attached hydrogens (tertiary/aromatic N) is 3. The fourth-order valence-electron chi connectivity index (χ4n) is 0.873. The molecule has 12 heavy (non-hydrogen) atoms. The number of azide groups is 1. The summed E-state index contributed by atoms with van der Waals surface area (Å²) in [6.45, 7) is 2.15. The smallest absolute Gasteiger partial charge is 0.105 e. The summed E-state index contributed by atoms with van der Waals surface area (Å²) in [6.07, 6.45) is 2.23. The second-order valence-electron chi connectivity index (χ2n) is 2.30. The van der Waals surface area contributed by atoms with Crippen molar-refractivity contribution >= 4 is 0 Å². The molecule has 5 heteroatoms. The van der Waals surface area contributed by atoms with Gasteiger partial charge in [0.1, 0.15) is 5.76 Å². The second kappa shape index (κ2) is 6.52. The molecule has 1 atom stereocenters. The predicted octanol–water partition coefficient (Wildman–Crippen LogP) is 1.74. The molecular weight excluding hydrogens is 156 g/mol. The van der Waals surface area contributed by atoms with Crippen LogP contribution in [0, 0.1) is 0 Å². The highest BCUT2D eigenvalue weighted by Gasteiger charge is 2.08. The monoisotopic (exact) mass is 170 g/mol. The summed E-state index contributed by atoms with van der Waals surface area (Å²) in [4.78, 5) is 2.62. The van der Waals surface area contributed by atoms with Crippen LogP contribution >= 0.6 is 0 Å². The third-order valence-electron chi connectivity index (χ3n) is 1.58. The standard InChI is InChI=1S/C7H14N4O/c1-3-7(12)6(9-2)4-5-10-11-8/h3,6,9,12H,4-5H2,1-2H3/t6-/m0/s1. The van der Waals surface area contributed by atoms with Gasteiger partial charge < -0.3 is 10.4 Å². The van der Waals surface area contributed by atoms with Gasteiger partial charge in [0.25, 0.3) is 0 Å². The zero-order valence-electron chi connectivity index (χ0n) is 7.36. The predicted molar refractivity (Wildman–Crippen MR) is 47.9 cm³/mol. The molecule has 0 fully saturated rings. The fourth-order valence-corrected chi connectivity index (χ4v) is 0.873. The summed E-state index contributed by atoms with van der Waals surface area (Å²) in [5, 5.41) is 15.6. The molecule has 0 spiro atoms. The first kappa shape index (κ1) is 10.8. The molecule has 0 aromatic rings. The third kappa shape index (κ3) is 3.85. The number of allylic oxidation sites excluding steroid dienone is 1. The maximum atomic E-state index is 9.28. The molecule has 0 radical (unpaired) electrons. The van der Waals surface area contributed by atoms with Crippen LogP contribution < -0.4 is 5.32 Å². The Labute approximate surface area is 71.7 Å². The number of hydrogen-bond acceptors (Lipinski definition) is 3.